The van der Waals surface area contributed by atoms with Crippen LogP contribution in [-0.4, -0.2) is 10.2 Å². The van der Waals surface area contributed by atoms with E-state index in [1.54, 1.807) is 19.1 Å². The number of hydrogen-bond donors (Lipinski definition) is 4. The van der Waals surface area contributed by atoms with Crippen molar-refractivity contribution in [3.05, 3.63) is 84.2 Å². The highest BCUT2D eigenvalue weighted by Gasteiger charge is 2.23. The normalized spacial score (nSPS) is 16.8. The molecule has 0 aromatic rings. The molecule has 0 amide bonds. The fourth-order valence-electron chi connectivity index (χ4n) is 2.21. The Morgan fingerprint density at radius 2 is 1.57 bits per heavy atom. The highest BCUT2D eigenvalue weighted by atomic mass is 16.3. The van der Waals surface area contributed by atoms with Crippen LogP contribution in [0.25, 0.3) is 0 Å². The highest BCUT2D eigenvalue weighted by Crippen LogP contribution is 2.33. The lowest BCUT2D eigenvalue weighted by Crippen LogP contribution is -2.20. The van der Waals surface area contributed by atoms with Gasteiger partial charge in [0.15, 0.2) is 0 Å². The molecular weight excluding hydrogens is 348 g/mol. The molecule has 0 heterocycles. The molecule has 4 heteroatoms. The lowest BCUT2D eigenvalue weighted by atomic mass is 9.76. The number of aliphatic hydroxyl groups excluding tert-OH is 2. The number of allylic oxidation sites excluding steroid dienone is 9. The van der Waals surface area contributed by atoms with E-state index < -0.39 is 0 Å². The average Bonchev–Trinajstić information content (AvgIpc) is 2.62. The SMILES string of the molecule is C=C/C=C(O)\C(N)=C/C(C)C(C)(C)/C=C/C(C)(C)C/C=C/C=C(O)\C(N)=C/C. The van der Waals surface area contributed by atoms with Gasteiger partial charge in [0.2, 0.25) is 0 Å². The Morgan fingerprint density at radius 1 is 1.00 bits per heavy atom. The summed E-state index contributed by atoms with van der Waals surface area (Å²) in [5.41, 5.74) is 12.1. The number of rotatable bonds is 10. The van der Waals surface area contributed by atoms with Gasteiger partial charge in [-0.2, -0.15) is 0 Å². The zero-order valence-corrected chi connectivity index (χ0v) is 18.2. The quantitative estimate of drug-likeness (QED) is 0.212. The Balaban J connectivity index is 5.13. The van der Waals surface area contributed by atoms with Gasteiger partial charge in [0.1, 0.15) is 11.5 Å². The van der Waals surface area contributed by atoms with E-state index in [1.165, 1.54) is 12.2 Å². The molecular formula is C24H38N2O2. The summed E-state index contributed by atoms with van der Waals surface area (Å²) in [4.78, 5) is 0. The number of nitrogens with two attached hydrogens (primary N) is 2. The minimum Gasteiger partial charge on any atom is -0.506 e. The van der Waals surface area contributed by atoms with E-state index in [-0.39, 0.29) is 28.3 Å². The first kappa shape index (κ1) is 25.4. The standard InChI is InChI=1S/C24H38N2O2/c1-8-12-21(27)20(26)17-18(3)24(6,7)16-15-23(4,5)14-11-10-13-22(28)19(25)9-2/h8-13,15-18,27-28H,1,14,25-26H2,2-7H3/b11-10+,16-15+,19-9+,20-17+,21-12+,22-13+. The van der Waals surface area contributed by atoms with Gasteiger partial charge >= 0.3 is 0 Å². The summed E-state index contributed by atoms with van der Waals surface area (Å²) in [6.07, 6.45) is 17.1. The molecule has 0 bridgehead atoms. The van der Waals surface area contributed by atoms with Gasteiger partial charge in [-0.25, -0.2) is 0 Å². The molecule has 0 fully saturated rings. The van der Waals surface area contributed by atoms with Crippen LogP contribution in [0, 0.1) is 16.7 Å². The van der Waals surface area contributed by atoms with Gasteiger partial charge in [-0.3, -0.25) is 0 Å². The molecule has 0 aliphatic carbocycles. The van der Waals surface area contributed by atoms with Gasteiger partial charge in [-0.15, -0.1) is 0 Å². The van der Waals surface area contributed by atoms with Crippen LogP contribution in [0.3, 0.4) is 0 Å². The molecule has 1 atom stereocenters. The lowest BCUT2D eigenvalue weighted by Gasteiger charge is -2.29. The van der Waals surface area contributed by atoms with Crippen molar-refractivity contribution in [3.8, 4) is 0 Å². The van der Waals surface area contributed by atoms with Crippen molar-refractivity contribution in [1.29, 1.82) is 0 Å². The summed E-state index contributed by atoms with van der Waals surface area (Å²) >= 11 is 0. The van der Waals surface area contributed by atoms with Crippen molar-refractivity contribution in [2.75, 3.05) is 0 Å². The first-order chi connectivity index (χ1) is 12.9. The minimum absolute atomic E-state index is 0.0296. The molecule has 0 aliphatic rings. The third kappa shape index (κ3) is 9.36. The predicted octanol–water partition coefficient (Wildman–Crippen LogP) is 5.95. The maximum atomic E-state index is 9.84. The molecule has 0 spiro atoms. The molecule has 28 heavy (non-hydrogen) atoms. The molecule has 0 aromatic carbocycles. The first-order valence-corrected chi connectivity index (χ1v) is 9.54. The lowest BCUT2D eigenvalue weighted by molar-refractivity contribution is 0.355. The van der Waals surface area contributed by atoms with Crippen molar-refractivity contribution in [3.63, 3.8) is 0 Å². The van der Waals surface area contributed by atoms with Crippen LogP contribution in [0.1, 0.15) is 48.0 Å². The molecule has 6 N–H and O–H groups in total. The van der Waals surface area contributed by atoms with Crippen molar-refractivity contribution in [2.24, 2.45) is 28.2 Å². The second-order valence-corrected chi connectivity index (χ2v) is 8.27. The maximum absolute atomic E-state index is 9.84. The second-order valence-electron chi connectivity index (χ2n) is 8.27. The monoisotopic (exact) mass is 386 g/mol. The zero-order chi connectivity index (χ0) is 22.0. The van der Waals surface area contributed by atoms with Crippen LogP contribution in [0.15, 0.2) is 84.2 Å². The molecule has 0 saturated heterocycles. The Kier molecular flexibility index (Phi) is 10.2. The summed E-state index contributed by atoms with van der Waals surface area (Å²) < 4.78 is 0. The Morgan fingerprint density at radius 3 is 2.11 bits per heavy atom. The molecule has 0 rings (SSSR count). The van der Waals surface area contributed by atoms with Crippen molar-refractivity contribution < 1.29 is 10.2 Å². The van der Waals surface area contributed by atoms with Crippen LogP contribution in [-0.2, 0) is 0 Å². The first-order valence-electron chi connectivity index (χ1n) is 9.54. The van der Waals surface area contributed by atoms with E-state index >= 15 is 0 Å². The third-order valence-corrected chi connectivity index (χ3v) is 4.78. The topological polar surface area (TPSA) is 92.5 Å². The van der Waals surface area contributed by atoms with Crippen molar-refractivity contribution >= 4 is 0 Å². The van der Waals surface area contributed by atoms with Crippen molar-refractivity contribution in [2.45, 2.75) is 48.0 Å². The van der Waals surface area contributed by atoms with Gasteiger partial charge in [0.25, 0.3) is 0 Å². The van der Waals surface area contributed by atoms with E-state index in [0.717, 1.165) is 6.42 Å². The van der Waals surface area contributed by atoms with E-state index in [4.69, 9.17) is 11.5 Å². The van der Waals surface area contributed by atoms with E-state index in [2.05, 4.69) is 53.3 Å². The average molecular weight is 387 g/mol. The molecule has 0 saturated carbocycles. The van der Waals surface area contributed by atoms with Gasteiger partial charge < -0.3 is 21.7 Å². The molecule has 156 valence electrons. The molecule has 0 aliphatic heterocycles. The van der Waals surface area contributed by atoms with Crippen LogP contribution in [0.2, 0.25) is 0 Å². The predicted molar refractivity (Wildman–Crippen MR) is 121 cm³/mol. The van der Waals surface area contributed by atoms with Gasteiger partial charge in [0, 0.05) is 0 Å². The largest absolute Gasteiger partial charge is 0.506 e. The third-order valence-electron chi connectivity index (χ3n) is 4.78. The molecule has 0 aromatic heterocycles. The second kappa shape index (κ2) is 11.3. The Labute approximate surface area is 171 Å². The van der Waals surface area contributed by atoms with Crippen LogP contribution >= 0.6 is 0 Å². The number of aliphatic hydroxyl groups is 2. The highest BCUT2D eigenvalue weighted by molar-refractivity contribution is 5.26. The van der Waals surface area contributed by atoms with Crippen LogP contribution < -0.4 is 11.5 Å². The number of hydrogen-bond acceptors (Lipinski definition) is 4. The Bertz CT molecular complexity index is 702. The zero-order valence-electron chi connectivity index (χ0n) is 18.2. The van der Waals surface area contributed by atoms with E-state index in [0.29, 0.717) is 11.4 Å². The fraction of sp³-hybridized carbons (Fsp3) is 0.417. The summed E-state index contributed by atoms with van der Waals surface area (Å²) in [7, 11) is 0. The Hall–Kier alpha value is -2.62. The van der Waals surface area contributed by atoms with Crippen LogP contribution in [0.4, 0.5) is 0 Å². The summed E-state index contributed by atoms with van der Waals surface area (Å²) in [6, 6.07) is 0. The smallest absolute Gasteiger partial charge is 0.138 e. The van der Waals surface area contributed by atoms with E-state index in [1.807, 2.05) is 18.2 Å². The van der Waals surface area contributed by atoms with Crippen LogP contribution in [0.5, 0.6) is 0 Å². The van der Waals surface area contributed by atoms with Gasteiger partial charge in [-0.1, -0.05) is 83.7 Å². The molecule has 4 nitrogen and oxygen atoms in total. The van der Waals surface area contributed by atoms with Gasteiger partial charge in [0.05, 0.1) is 11.4 Å². The summed E-state index contributed by atoms with van der Waals surface area (Å²) in [6.45, 7) is 16.0. The molecule has 1 unspecified atom stereocenters. The summed E-state index contributed by atoms with van der Waals surface area (Å²) in [5, 5.41) is 19.6. The molecule has 0 radical (unpaired) electrons. The summed E-state index contributed by atoms with van der Waals surface area (Å²) in [5.74, 6) is 0.223. The minimum atomic E-state index is -0.140. The van der Waals surface area contributed by atoms with E-state index in [9.17, 15) is 10.2 Å². The fourth-order valence-corrected chi connectivity index (χ4v) is 2.21. The maximum Gasteiger partial charge on any atom is 0.138 e. The van der Waals surface area contributed by atoms with Crippen molar-refractivity contribution in [1.82, 2.24) is 0 Å². The van der Waals surface area contributed by atoms with Gasteiger partial charge in [-0.05, 0) is 42.2 Å².